The maximum absolute atomic E-state index is 10.9. The van der Waals surface area contributed by atoms with Gasteiger partial charge >= 0.3 is 0 Å². The molecule has 1 amide bonds. The Bertz CT molecular complexity index is 532. The van der Waals surface area contributed by atoms with Gasteiger partial charge in [-0.3, -0.25) is 9.48 Å². The van der Waals surface area contributed by atoms with E-state index >= 15 is 0 Å². The van der Waals surface area contributed by atoms with Crippen LogP contribution in [0.1, 0.15) is 20.9 Å². The lowest BCUT2D eigenvalue weighted by Crippen LogP contribution is -2.16. The predicted molar refractivity (Wildman–Crippen MR) is 71.5 cm³/mol. The zero-order chi connectivity index (χ0) is 13.0. The molecule has 0 atom stereocenters. The van der Waals surface area contributed by atoms with Crippen LogP contribution in [0.2, 0.25) is 0 Å². The molecule has 0 aliphatic rings. The van der Waals surface area contributed by atoms with E-state index in [1.165, 1.54) is 0 Å². The van der Waals surface area contributed by atoms with Gasteiger partial charge in [-0.05, 0) is 12.1 Å². The van der Waals surface area contributed by atoms with Gasteiger partial charge in [-0.25, -0.2) is 0 Å². The van der Waals surface area contributed by atoms with Gasteiger partial charge in [0.15, 0.2) is 0 Å². The zero-order valence-electron chi connectivity index (χ0n) is 10.2. The lowest BCUT2D eigenvalue weighted by Gasteiger charge is -2.00. The smallest absolute Gasteiger partial charge is 0.249 e. The Kier molecular flexibility index (Phi) is 4.11. The van der Waals surface area contributed by atoms with Crippen molar-refractivity contribution in [2.24, 2.45) is 12.8 Å². The Balaban J connectivity index is 1.73. The van der Waals surface area contributed by atoms with E-state index in [1.54, 1.807) is 21.4 Å². The molecule has 0 radical (unpaired) electrons. The minimum absolute atomic E-state index is 0.369. The maximum Gasteiger partial charge on any atom is 0.249 e. The molecule has 0 saturated carbocycles. The lowest BCUT2D eigenvalue weighted by atomic mass is 10.3. The summed E-state index contributed by atoms with van der Waals surface area (Å²) in [5.74, 6) is -0.369. The van der Waals surface area contributed by atoms with Gasteiger partial charge < -0.3 is 11.1 Å². The van der Waals surface area contributed by atoms with Gasteiger partial charge in [0.1, 0.15) is 0 Å². The fraction of sp³-hybridized carbons (Fsp3) is 0.333. The highest BCUT2D eigenvalue weighted by Gasteiger charge is 2.04. The van der Waals surface area contributed by atoms with Gasteiger partial charge in [-0.1, -0.05) is 0 Å². The minimum atomic E-state index is -0.369. The largest absolute Gasteiger partial charge is 0.366 e. The second kappa shape index (κ2) is 5.79. The Morgan fingerprint density at radius 3 is 3.06 bits per heavy atom. The quantitative estimate of drug-likeness (QED) is 0.762. The molecule has 0 spiro atoms. The molecule has 0 aliphatic carbocycles. The number of carbonyl (C=O) groups is 1. The van der Waals surface area contributed by atoms with Crippen LogP contribution in [0.3, 0.4) is 0 Å². The molecule has 2 aromatic heterocycles. The molecule has 0 fully saturated rings. The molecular weight excluding hydrogens is 248 g/mol. The molecule has 2 heterocycles. The van der Waals surface area contributed by atoms with Crippen LogP contribution >= 0.6 is 11.3 Å². The van der Waals surface area contributed by atoms with Crippen molar-refractivity contribution in [1.82, 2.24) is 15.1 Å². The Labute approximate surface area is 110 Å². The Morgan fingerprint density at radius 1 is 1.61 bits per heavy atom. The summed E-state index contributed by atoms with van der Waals surface area (Å²) in [4.78, 5) is 12.0. The topological polar surface area (TPSA) is 72.9 Å². The number of carbonyl (C=O) groups excluding carboxylic acids is 1. The van der Waals surface area contributed by atoms with Gasteiger partial charge in [0.25, 0.3) is 0 Å². The first-order valence-electron chi connectivity index (χ1n) is 5.71. The van der Waals surface area contributed by atoms with Crippen molar-refractivity contribution >= 4 is 17.2 Å². The number of aromatic nitrogens is 2. The second-order valence-corrected chi connectivity index (χ2v) is 5.07. The standard InChI is InChI=1S/C12H16N4OS/c1-16-5-3-10(15-16)2-4-14-7-11-6-9(8-18-11)12(13)17/h3,5-6,8,14H,2,4,7H2,1H3,(H2,13,17). The minimum Gasteiger partial charge on any atom is -0.366 e. The van der Waals surface area contributed by atoms with E-state index < -0.39 is 0 Å². The summed E-state index contributed by atoms with van der Waals surface area (Å²) in [6.45, 7) is 1.62. The molecule has 0 unspecified atom stereocenters. The predicted octanol–water partition coefficient (Wildman–Crippen LogP) is 0.913. The van der Waals surface area contributed by atoms with E-state index in [0.717, 1.165) is 30.1 Å². The van der Waals surface area contributed by atoms with Crippen molar-refractivity contribution < 1.29 is 4.79 Å². The van der Waals surface area contributed by atoms with Gasteiger partial charge in [0, 0.05) is 43.0 Å². The molecular formula is C12H16N4OS. The molecule has 18 heavy (non-hydrogen) atoms. The van der Waals surface area contributed by atoms with E-state index in [9.17, 15) is 4.79 Å². The second-order valence-electron chi connectivity index (χ2n) is 4.07. The van der Waals surface area contributed by atoms with E-state index in [2.05, 4.69) is 10.4 Å². The van der Waals surface area contributed by atoms with Gasteiger partial charge in [-0.2, -0.15) is 5.10 Å². The third kappa shape index (κ3) is 3.41. The molecule has 5 nitrogen and oxygen atoms in total. The van der Waals surface area contributed by atoms with E-state index in [0.29, 0.717) is 5.56 Å². The average Bonchev–Trinajstić information content (AvgIpc) is 2.93. The molecule has 0 aromatic carbocycles. The van der Waals surface area contributed by atoms with Crippen molar-refractivity contribution in [1.29, 1.82) is 0 Å². The zero-order valence-corrected chi connectivity index (χ0v) is 11.0. The number of amides is 1. The molecule has 96 valence electrons. The van der Waals surface area contributed by atoms with Crippen LogP contribution in [0.15, 0.2) is 23.7 Å². The normalized spacial score (nSPS) is 10.7. The third-order valence-corrected chi connectivity index (χ3v) is 3.50. The highest BCUT2D eigenvalue weighted by Crippen LogP contribution is 2.13. The molecule has 2 aromatic rings. The van der Waals surface area contributed by atoms with Crippen LogP contribution in [0, 0.1) is 0 Å². The highest BCUT2D eigenvalue weighted by molar-refractivity contribution is 7.10. The lowest BCUT2D eigenvalue weighted by molar-refractivity contribution is 0.100. The highest BCUT2D eigenvalue weighted by atomic mass is 32.1. The molecule has 2 rings (SSSR count). The number of thiophene rings is 1. The number of nitrogens with zero attached hydrogens (tertiary/aromatic N) is 2. The van der Waals surface area contributed by atoms with Crippen molar-refractivity contribution in [3.63, 3.8) is 0 Å². The number of primary amides is 1. The number of hydrogen-bond acceptors (Lipinski definition) is 4. The van der Waals surface area contributed by atoms with Gasteiger partial charge in [0.05, 0.1) is 11.3 Å². The van der Waals surface area contributed by atoms with E-state index in [-0.39, 0.29) is 5.91 Å². The van der Waals surface area contributed by atoms with Crippen LogP contribution in [0.4, 0.5) is 0 Å². The summed E-state index contributed by atoms with van der Waals surface area (Å²) in [7, 11) is 1.91. The van der Waals surface area contributed by atoms with Gasteiger partial charge in [-0.15, -0.1) is 11.3 Å². The summed E-state index contributed by atoms with van der Waals surface area (Å²) < 4.78 is 1.80. The van der Waals surface area contributed by atoms with E-state index in [1.807, 2.05) is 25.4 Å². The molecule has 0 saturated heterocycles. The first-order chi connectivity index (χ1) is 8.65. The SMILES string of the molecule is Cn1ccc(CCNCc2cc(C(N)=O)cs2)n1. The fourth-order valence-electron chi connectivity index (χ4n) is 1.63. The summed E-state index contributed by atoms with van der Waals surface area (Å²) in [5.41, 5.74) is 6.86. The molecule has 3 N–H and O–H groups in total. The average molecular weight is 264 g/mol. The molecule has 6 heteroatoms. The number of hydrogen-bond donors (Lipinski definition) is 2. The van der Waals surface area contributed by atoms with Crippen molar-refractivity contribution in [2.45, 2.75) is 13.0 Å². The van der Waals surface area contributed by atoms with Crippen molar-refractivity contribution in [2.75, 3.05) is 6.54 Å². The Morgan fingerprint density at radius 2 is 2.44 bits per heavy atom. The van der Waals surface area contributed by atoms with E-state index in [4.69, 9.17) is 5.73 Å². The van der Waals surface area contributed by atoms with Gasteiger partial charge in [0.2, 0.25) is 5.91 Å². The first kappa shape index (κ1) is 12.8. The van der Waals surface area contributed by atoms with Crippen LogP contribution in [0.25, 0.3) is 0 Å². The monoisotopic (exact) mass is 264 g/mol. The maximum atomic E-state index is 10.9. The summed E-state index contributed by atoms with van der Waals surface area (Å²) in [6.07, 6.45) is 2.84. The van der Waals surface area contributed by atoms with Crippen LogP contribution in [-0.2, 0) is 20.0 Å². The third-order valence-electron chi connectivity index (χ3n) is 2.56. The fourth-order valence-corrected chi connectivity index (χ4v) is 2.47. The number of nitrogens with two attached hydrogens (primary N) is 1. The van der Waals surface area contributed by atoms with Crippen molar-refractivity contribution in [3.8, 4) is 0 Å². The molecule has 0 bridgehead atoms. The number of nitrogens with one attached hydrogen (secondary N) is 1. The Hall–Kier alpha value is -1.66. The van der Waals surface area contributed by atoms with Crippen molar-refractivity contribution in [3.05, 3.63) is 39.8 Å². The summed E-state index contributed by atoms with van der Waals surface area (Å²) in [5, 5.41) is 9.41. The first-order valence-corrected chi connectivity index (χ1v) is 6.59. The number of aryl methyl sites for hydroxylation is 1. The summed E-state index contributed by atoms with van der Waals surface area (Å²) >= 11 is 1.55. The number of rotatable bonds is 6. The van der Waals surface area contributed by atoms with Crippen LogP contribution in [0.5, 0.6) is 0 Å². The molecule has 0 aliphatic heterocycles. The van der Waals surface area contributed by atoms with Crippen LogP contribution in [-0.4, -0.2) is 22.2 Å². The summed E-state index contributed by atoms with van der Waals surface area (Å²) in [6, 6.07) is 3.85. The van der Waals surface area contributed by atoms with Crippen LogP contribution < -0.4 is 11.1 Å².